The molecule has 0 aromatic carbocycles. The first-order valence-corrected chi connectivity index (χ1v) is 7.48. The Hall–Kier alpha value is -0.630. The number of rotatable bonds is 5. The zero-order valence-electron chi connectivity index (χ0n) is 12.2. The van der Waals surface area contributed by atoms with Crippen LogP contribution < -0.4 is 0 Å². The van der Waals surface area contributed by atoms with Crippen molar-refractivity contribution in [2.45, 2.75) is 51.2 Å². The van der Waals surface area contributed by atoms with Gasteiger partial charge in [0, 0.05) is 45.2 Å². The van der Waals surface area contributed by atoms with Crippen LogP contribution in [-0.2, 0) is 9.47 Å². The fraction of sp³-hybridized carbons (Fsp3) is 0.933. The van der Waals surface area contributed by atoms with Gasteiger partial charge in [-0.3, -0.25) is 4.90 Å². The molecule has 0 radical (unpaired) electrons. The van der Waals surface area contributed by atoms with Crippen LogP contribution in [0.25, 0.3) is 0 Å². The number of nitriles is 1. The van der Waals surface area contributed by atoms with Crippen LogP contribution in [0.5, 0.6) is 0 Å². The Labute approximate surface area is 116 Å². The molecule has 0 aromatic rings. The minimum Gasteiger partial charge on any atom is -0.378 e. The maximum atomic E-state index is 8.83. The van der Waals surface area contributed by atoms with Gasteiger partial charge in [0.15, 0.2) is 0 Å². The maximum absolute atomic E-state index is 8.83. The van der Waals surface area contributed by atoms with Crippen molar-refractivity contribution < 1.29 is 9.47 Å². The lowest BCUT2D eigenvalue weighted by Gasteiger charge is -2.42. The van der Waals surface area contributed by atoms with Crippen LogP contribution in [-0.4, -0.2) is 49.5 Å². The van der Waals surface area contributed by atoms with Gasteiger partial charge < -0.3 is 9.47 Å². The summed E-state index contributed by atoms with van der Waals surface area (Å²) >= 11 is 0. The average Bonchev–Trinajstić information content (AvgIpc) is 2.82. The van der Waals surface area contributed by atoms with E-state index in [0.29, 0.717) is 18.4 Å². The van der Waals surface area contributed by atoms with E-state index in [0.717, 1.165) is 52.2 Å². The standard InChI is InChI=1S/C15H26N2O2/c1-13(2)11-17(7-3-6-16)14-4-8-19-15(10-14)5-9-18-12-15/h13-14H,3-5,7-12H2,1-2H3. The molecular formula is C15H26N2O2. The van der Waals surface area contributed by atoms with E-state index in [2.05, 4.69) is 24.8 Å². The average molecular weight is 266 g/mol. The summed E-state index contributed by atoms with van der Waals surface area (Å²) in [6, 6.07) is 2.82. The largest absolute Gasteiger partial charge is 0.378 e. The van der Waals surface area contributed by atoms with Crippen LogP contribution in [0.1, 0.15) is 39.5 Å². The number of ether oxygens (including phenoxy) is 2. The van der Waals surface area contributed by atoms with E-state index in [-0.39, 0.29) is 5.60 Å². The van der Waals surface area contributed by atoms with Crippen LogP contribution in [0.15, 0.2) is 0 Å². The second-order valence-corrected chi connectivity index (χ2v) is 6.28. The lowest BCUT2D eigenvalue weighted by molar-refractivity contribution is -0.107. The summed E-state index contributed by atoms with van der Waals surface area (Å²) in [7, 11) is 0. The first-order chi connectivity index (χ1) is 9.15. The Morgan fingerprint density at radius 2 is 2.26 bits per heavy atom. The van der Waals surface area contributed by atoms with Crippen molar-refractivity contribution in [2.24, 2.45) is 5.92 Å². The van der Waals surface area contributed by atoms with E-state index in [1.165, 1.54) is 0 Å². The Balaban J connectivity index is 1.97. The van der Waals surface area contributed by atoms with Crippen molar-refractivity contribution in [1.82, 2.24) is 4.90 Å². The van der Waals surface area contributed by atoms with Gasteiger partial charge in [-0.05, 0) is 18.8 Å². The SMILES string of the molecule is CC(C)CN(CCC#N)C1CCOC2(CCOC2)C1. The zero-order valence-corrected chi connectivity index (χ0v) is 12.2. The topological polar surface area (TPSA) is 45.5 Å². The van der Waals surface area contributed by atoms with Crippen molar-refractivity contribution in [3.05, 3.63) is 0 Å². The zero-order chi connectivity index (χ0) is 13.7. The highest BCUT2D eigenvalue weighted by molar-refractivity contribution is 4.94. The molecule has 108 valence electrons. The summed E-state index contributed by atoms with van der Waals surface area (Å²) in [6.07, 6.45) is 3.79. The molecule has 2 fully saturated rings. The fourth-order valence-corrected chi connectivity index (χ4v) is 3.26. The quantitative estimate of drug-likeness (QED) is 0.765. The third-order valence-corrected chi connectivity index (χ3v) is 4.16. The van der Waals surface area contributed by atoms with Gasteiger partial charge in [-0.25, -0.2) is 0 Å². The van der Waals surface area contributed by atoms with Gasteiger partial charge in [-0.15, -0.1) is 0 Å². The minimum atomic E-state index is -0.0369. The molecule has 2 atom stereocenters. The van der Waals surface area contributed by atoms with Crippen LogP contribution in [0, 0.1) is 17.2 Å². The summed E-state index contributed by atoms with van der Waals surface area (Å²) < 4.78 is 11.5. The molecule has 19 heavy (non-hydrogen) atoms. The third kappa shape index (κ3) is 3.92. The highest BCUT2D eigenvalue weighted by atomic mass is 16.6. The number of hydrogen-bond donors (Lipinski definition) is 0. The van der Waals surface area contributed by atoms with Crippen molar-refractivity contribution in [2.75, 3.05) is 32.9 Å². The second kappa shape index (κ2) is 6.69. The fourth-order valence-electron chi connectivity index (χ4n) is 3.26. The Morgan fingerprint density at radius 1 is 1.42 bits per heavy atom. The van der Waals surface area contributed by atoms with E-state index in [1.807, 2.05) is 0 Å². The van der Waals surface area contributed by atoms with Gasteiger partial charge >= 0.3 is 0 Å². The molecule has 4 nitrogen and oxygen atoms in total. The number of nitrogens with zero attached hydrogens (tertiary/aromatic N) is 2. The van der Waals surface area contributed by atoms with Crippen LogP contribution in [0.4, 0.5) is 0 Å². The summed E-state index contributed by atoms with van der Waals surface area (Å²) in [6.45, 7) is 8.85. The molecule has 2 unspecified atom stereocenters. The predicted molar refractivity (Wildman–Crippen MR) is 73.8 cm³/mol. The molecule has 2 heterocycles. The Morgan fingerprint density at radius 3 is 2.89 bits per heavy atom. The molecule has 1 spiro atoms. The molecule has 0 aliphatic carbocycles. The van der Waals surface area contributed by atoms with E-state index in [1.54, 1.807) is 0 Å². The summed E-state index contributed by atoms with van der Waals surface area (Å²) in [5, 5.41) is 8.83. The summed E-state index contributed by atoms with van der Waals surface area (Å²) in [5.41, 5.74) is -0.0369. The molecule has 2 aliphatic heterocycles. The molecule has 4 heteroatoms. The van der Waals surface area contributed by atoms with Gasteiger partial charge in [-0.2, -0.15) is 5.26 Å². The van der Waals surface area contributed by atoms with Crippen molar-refractivity contribution in [3.8, 4) is 6.07 Å². The van der Waals surface area contributed by atoms with E-state index in [4.69, 9.17) is 14.7 Å². The normalized spacial score (nSPS) is 31.2. The van der Waals surface area contributed by atoms with E-state index >= 15 is 0 Å². The smallest absolute Gasteiger partial charge is 0.0951 e. The highest BCUT2D eigenvalue weighted by Crippen LogP contribution is 2.35. The highest BCUT2D eigenvalue weighted by Gasteiger charge is 2.42. The molecule has 0 N–H and O–H groups in total. The molecule has 0 saturated carbocycles. The summed E-state index contributed by atoms with van der Waals surface area (Å²) in [4.78, 5) is 2.50. The monoisotopic (exact) mass is 266 g/mol. The van der Waals surface area contributed by atoms with Crippen LogP contribution in [0.2, 0.25) is 0 Å². The second-order valence-electron chi connectivity index (χ2n) is 6.28. The van der Waals surface area contributed by atoms with Crippen LogP contribution >= 0.6 is 0 Å². The van der Waals surface area contributed by atoms with Crippen molar-refractivity contribution in [3.63, 3.8) is 0 Å². The molecule has 0 amide bonds. The molecule has 0 bridgehead atoms. The van der Waals surface area contributed by atoms with E-state index in [9.17, 15) is 0 Å². The van der Waals surface area contributed by atoms with Crippen LogP contribution in [0.3, 0.4) is 0 Å². The maximum Gasteiger partial charge on any atom is 0.0951 e. The number of hydrogen-bond acceptors (Lipinski definition) is 4. The first-order valence-electron chi connectivity index (χ1n) is 7.48. The van der Waals surface area contributed by atoms with Gasteiger partial charge in [-0.1, -0.05) is 13.8 Å². The predicted octanol–water partition coefficient (Wildman–Crippen LogP) is 2.20. The van der Waals surface area contributed by atoms with E-state index < -0.39 is 0 Å². The van der Waals surface area contributed by atoms with Crippen molar-refractivity contribution >= 4 is 0 Å². The van der Waals surface area contributed by atoms with Gasteiger partial charge in [0.1, 0.15) is 0 Å². The summed E-state index contributed by atoms with van der Waals surface area (Å²) in [5.74, 6) is 0.636. The molecular weight excluding hydrogens is 240 g/mol. The lowest BCUT2D eigenvalue weighted by atomic mass is 9.88. The Kier molecular flexibility index (Phi) is 5.20. The molecule has 2 saturated heterocycles. The molecule has 0 aromatic heterocycles. The lowest BCUT2D eigenvalue weighted by Crippen LogP contribution is -2.50. The van der Waals surface area contributed by atoms with Crippen molar-refractivity contribution in [1.29, 1.82) is 5.26 Å². The molecule has 2 aliphatic rings. The Bertz CT molecular complexity index is 319. The van der Waals surface area contributed by atoms with Gasteiger partial charge in [0.05, 0.1) is 18.3 Å². The van der Waals surface area contributed by atoms with Gasteiger partial charge in [0.2, 0.25) is 0 Å². The minimum absolute atomic E-state index is 0.0369. The first kappa shape index (κ1) is 14.8. The van der Waals surface area contributed by atoms with Gasteiger partial charge in [0.25, 0.3) is 0 Å². The molecule has 2 rings (SSSR count). The third-order valence-electron chi connectivity index (χ3n) is 4.16.